The zero-order valence-corrected chi connectivity index (χ0v) is 17.5. The Balaban J connectivity index is 1.29. The van der Waals surface area contributed by atoms with E-state index in [1.807, 2.05) is 39.8 Å². The van der Waals surface area contributed by atoms with Gasteiger partial charge >= 0.3 is 0 Å². The average molecular weight is 404 g/mol. The minimum Gasteiger partial charge on any atom is -0.353 e. The maximum absolute atomic E-state index is 12.2. The van der Waals surface area contributed by atoms with E-state index in [1.54, 1.807) is 0 Å². The van der Waals surface area contributed by atoms with Crippen molar-refractivity contribution in [3.8, 4) is 6.07 Å². The SMILES string of the molecule is N#Cc1cccc(CN2CCC(NC(=O)CCCCC3CCSS3)CC2)c1. The van der Waals surface area contributed by atoms with Crippen LogP contribution in [0, 0.1) is 11.3 Å². The molecule has 1 aromatic carbocycles. The highest BCUT2D eigenvalue weighted by molar-refractivity contribution is 8.77. The molecule has 0 aliphatic carbocycles. The molecule has 2 aliphatic rings. The van der Waals surface area contributed by atoms with Gasteiger partial charge in [-0.1, -0.05) is 40.1 Å². The lowest BCUT2D eigenvalue weighted by molar-refractivity contribution is -0.122. The van der Waals surface area contributed by atoms with Crippen molar-refractivity contribution >= 4 is 27.5 Å². The molecule has 0 spiro atoms. The Morgan fingerprint density at radius 2 is 2.11 bits per heavy atom. The summed E-state index contributed by atoms with van der Waals surface area (Å²) >= 11 is 0. The van der Waals surface area contributed by atoms with E-state index < -0.39 is 0 Å². The van der Waals surface area contributed by atoms with E-state index >= 15 is 0 Å². The van der Waals surface area contributed by atoms with Crippen LogP contribution in [0.15, 0.2) is 24.3 Å². The monoisotopic (exact) mass is 403 g/mol. The molecule has 3 rings (SSSR count). The maximum Gasteiger partial charge on any atom is 0.220 e. The van der Waals surface area contributed by atoms with Gasteiger partial charge in [0, 0.05) is 43.1 Å². The topological polar surface area (TPSA) is 56.1 Å². The normalized spacial score (nSPS) is 21.1. The Morgan fingerprint density at radius 1 is 1.26 bits per heavy atom. The highest BCUT2D eigenvalue weighted by Crippen LogP contribution is 2.39. The first-order valence-electron chi connectivity index (χ1n) is 10.0. The molecule has 0 saturated carbocycles. The first-order valence-corrected chi connectivity index (χ1v) is 12.4. The lowest BCUT2D eigenvalue weighted by Gasteiger charge is -2.32. The van der Waals surface area contributed by atoms with E-state index in [1.165, 1.54) is 30.6 Å². The van der Waals surface area contributed by atoms with Gasteiger partial charge in [-0.25, -0.2) is 0 Å². The van der Waals surface area contributed by atoms with E-state index in [0.717, 1.165) is 49.7 Å². The second-order valence-electron chi connectivity index (χ2n) is 7.50. The Morgan fingerprint density at radius 3 is 2.85 bits per heavy atom. The highest BCUT2D eigenvalue weighted by Gasteiger charge is 2.21. The first-order chi connectivity index (χ1) is 13.2. The number of amides is 1. The lowest BCUT2D eigenvalue weighted by atomic mass is 10.0. The molecule has 6 heteroatoms. The number of hydrogen-bond acceptors (Lipinski definition) is 5. The van der Waals surface area contributed by atoms with Gasteiger partial charge in [0.25, 0.3) is 0 Å². The molecule has 0 aromatic heterocycles. The highest BCUT2D eigenvalue weighted by atomic mass is 33.1. The lowest BCUT2D eigenvalue weighted by Crippen LogP contribution is -2.44. The molecule has 2 aliphatic heterocycles. The number of nitrogens with one attached hydrogen (secondary N) is 1. The van der Waals surface area contributed by atoms with Crippen LogP contribution in [-0.2, 0) is 11.3 Å². The number of unbranched alkanes of at least 4 members (excludes halogenated alkanes) is 1. The number of nitrogens with zero attached hydrogens (tertiary/aromatic N) is 2. The molecular weight excluding hydrogens is 374 g/mol. The third kappa shape index (κ3) is 7.06. The molecule has 1 atom stereocenters. The number of rotatable bonds is 8. The van der Waals surface area contributed by atoms with Gasteiger partial charge in [-0.15, -0.1) is 0 Å². The van der Waals surface area contributed by atoms with Gasteiger partial charge in [0.2, 0.25) is 5.91 Å². The fraction of sp³-hybridized carbons (Fsp3) is 0.619. The number of carbonyl (C=O) groups is 1. The van der Waals surface area contributed by atoms with Crippen molar-refractivity contribution in [3.63, 3.8) is 0 Å². The van der Waals surface area contributed by atoms with Crippen LogP contribution in [0.1, 0.15) is 56.1 Å². The maximum atomic E-state index is 12.2. The summed E-state index contributed by atoms with van der Waals surface area (Å²) in [5, 5.41) is 13.1. The van der Waals surface area contributed by atoms with Gasteiger partial charge < -0.3 is 5.32 Å². The van der Waals surface area contributed by atoms with Crippen molar-refractivity contribution < 1.29 is 4.79 Å². The number of nitriles is 1. The Hall–Kier alpha value is -1.16. The van der Waals surface area contributed by atoms with E-state index in [4.69, 9.17) is 5.26 Å². The summed E-state index contributed by atoms with van der Waals surface area (Å²) < 4.78 is 0. The Labute approximate surface area is 170 Å². The van der Waals surface area contributed by atoms with Crippen molar-refractivity contribution in [2.45, 2.75) is 62.8 Å². The summed E-state index contributed by atoms with van der Waals surface area (Å²) in [6, 6.07) is 10.4. The molecule has 1 aromatic rings. The third-order valence-electron chi connectivity index (χ3n) is 5.32. The average Bonchev–Trinajstić information content (AvgIpc) is 3.20. The number of carbonyl (C=O) groups excluding carboxylic acids is 1. The van der Waals surface area contributed by atoms with Crippen LogP contribution in [0.3, 0.4) is 0 Å². The molecule has 1 unspecified atom stereocenters. The Bertz CT molecular complexity index is 647. The summed E-state index contributed by atoms with van der Waals surface area (Å²) in [6.07, 6.45) is 7.48. The van der Waals surface area contributed by atoms with Crippen molar-refractivity contribution in [1.29, 1.82) is 5.26 Å². The fourth-order valence-corrected chi connectivity index (χ4v) is 6.78. The van der Waals surface area contributed by atoms with Crippen molar-refractivity contribution in [2.24, 2.45) is 0 Å². The standard InChI is InChI=1S/C21H29N3OS2/c22-15-17-4-3-5-18(14-17)16-24-11-8-19(9-12-24)23-21(25)7-2-1-6-20-10-13-26-27-20/h3-5,14,19-20H,1-2,6-13,16H2,(H,23,25). The molecule has 2 fully saturated rings. The molecular formula is C21H29N3OS2. The van der Waals surface area contributed by atoms with Crippen LogP contribution in [0.25, 0.3) is 0 Å². The van der Waals surface area contributed by atoms with Crippen LogP contribution in [0.4, 0.5) is 0 Å². The van der Waals surface area contributed by atoms with Gasteiger partial charge in [0.1, 0.15) is 0 Å². The molecule has 146 valence electrons. The summed E-state index contributed by atoms with van der Waals surface area (Å²) in [5.41, 5.74) is 1.91. The van der Waals surface area contributed by atoms with Crippen molar-refractivity contribution in [3.05, 3.63) is 35.4 Å². The van der Waals surface area contributed by atoms with Crippen LogP contribution in [0.2, 0.25) is 0 Å². The van der Waals surface area contributed by atoms with E-state index in [-0.39, 0.29) is 5.91 Å². The largest absolute Gasteiger partial charge is 0.353 e. The molecule has 2 heterocycles. The second-order valence-corrected chi connectivity index (χ2v) is 10.3. The minimum absolute atomic E-state index is 0.226. The van der Waals surface area contributed by atoms with E-state index in [2.05, 4.69) is 22.4 Å². The number of piperidine rings is 1. The molecule has 4 nitrogen and oxygen atoms in total. The van der Waals surface area contributed by atoms with Gasteiger partial charge in [-0.2, -0.15) is 5.26 Å². The number of hydrogen-bond donors (Lipinski definition) is 1. The van der Waals surface area contributed by atoms with Gasteiger partial charge in [-0.05, 0) is 49.8 Å². The minimum atomic E-state index is 0.226. The van der Waals surface area contributed by atoms with Gasteiger partial charge in [-0.3, -0.25) is 9.69 Å². The van der Waals surface area contributed by atoms with E-state index in [9.17, 15) is 4.79 Å². The zero-order valence-electron chi connectivity index (χ0n) is 15.9. The van der Waals surface area contributed by atoms with Gasteiger partial charge in [0.15, 0.2) is 0 Å². The molecule has 2 saturated heterocycles. The fourth-order valence-electron chi connectivity index (χ4n) is 3.75. The van der Waals surface area contributed by atoms with Crippen LogP contribution < -0.4 is 5.32 Å². The summed E-state index contributed by atoms with van der Waals surface area (Å²) in [7, 11) is 4.02. The number of benzene rings is 1. The Kier molecular flexibility index (Phi) is 8.37. The second kappa shape index (κ2) is 11.0. The molecule has 27 heavy (non-hydrogen) atoms. The smallest absolute Gasteiger partial charge is 0.220 e. The van der Waals surface area contributed by atoms with Crippen LogP contribution >= 0.6 is 21.6 Å². The first kappa shape index (κ1) is 20.6. The van der Waals surface area contributed by atoms with E-state index in [0.29, 0.717) is 12.5 Å². The third-order valence-corrected chi connectivity index (χ3v) is 8.33. The predicted molar refractivity (Wildman–Crippen MR) is 115 cm³/mol. The molecule has 0 radical (unpaired) electrons. The summed E-state index contributed by atoms with van der Waals surface area (Å²) in [4.78, 5) is 14.6. The van der Waals surface area contributed by atoms with Crippen LogP contribution in [-0.4, -0.2) is 40.9 Å². The molecule has 0 bridgehead atoms. The quantitative estimate of drug-likeness (QED) is 0.516. The van der Waals surface area contributed by atoms with Crippen LogP contribution in [0.5, 0.6) is 0 Å². The van der Waals surface area contributed by atoms with Crippen molar-refractivity contribution in [2.75, 3.05) is 18.8 Å². The summed E-state index contributed by atoms with van der Waals surface area (Å²) in [6.45, 7) is 2.88. The zero-order chi connectivity index (χ0) is 18.9. The molecule has 1 amide bonds. The number of likely N-dealkylation sites (tertiary alicyclic amines) is 1. The predicted octanol–water partition coefficient (Wildman–Crippen LogP) is 4.35. The van der Waals surface area contributed by atoms with Crippen molar-refractivity contribution in [1.82, 2.24) is 10.2 Å². The summed E-state index contributed by atoms with van der Waals surface area (Å²) in [5.74, 6) is 1.52. The molecule has 1 N–H and O–H groups in total. The van der Waals surface area contributed by atoms with Gasteiger partial charge in [0.05, 0.1) is 11.6 Å².